The molecule has 0 unspecified atom stereocenters. The Kier molecular flexibility index (Phi) is 5.02. The zero-order chi connectivity index (χ0) is 23.4. The molecule has 0 aromatic carbocycles. The zero-order valence-corrected chi connectivity index (χ0v) is 22.1. The number of allylic oxidation sites excluding steroid dienone is 2. The number of hydrogen-bond donors (Lipinski definition) is 2. The first-order valence-corrected chi connectivity index (χ1v) is 13.8. The molecule has 0 aliphatic heterocycles. The van der Waals surface area contributed by atoms with Gasteiger partial charge in [0, 0.05) is 12.0 Å². The molecule has 0 amide bonds. The Hall–Kier alpha value is -0.340. The highest BCUT2D eigenvalue weighted by Gasteiger charge is 2.68. The minimum atomic E-state index is -0.153. The number of fused-ring (bicyclic) bond motifs is 7. The summed E-state index contributed by atoms with van der Waals surface area (Å²) in [6.45, 7) is 17.8. The van der Waals surface area contributed by atoms with Gasteiger partial charge in [-0.3, -0.25) is 0 Å². The summed E-state index contributed by atoms with van der Waals surface area (Å²) < 4.78 is 0. The van der Waals surface area contributed by atoms with Gasteiger partial charge in [0.1, 0.15) is 0 Å². The van der Waals surface area contributed by atoms with Crippen molar-refractivity contribution in [3.63, 3.8) is 0 Å². The summed E-state index contributed by atoms with van der Waals surface area (Å²) >= 11 is 0. The molecular formula is C30H50O2. The molecule has 0 radical (unpaired) electrons. The molecule has 0 aromatic heterocycles. The van der Waals surface area contributed by atoms with Gasteiger partial charge in [-0.15, -0.1) is 0 Å². The fraction of sp³-hybridized carbons (Fsp3) is 0.933. The molecule has 5 rings (SSSR count). The first kappa shape index (κ1) is 23.4. The van der Waals surface area contributed by atoms with Crippen molar-refractivity contribution in [2.24, 2.45) is 50.2 Å². The van der Waals surface area contributed by atoms with Crippen LogP contribution in [0.2, 0.25) is 0 Å². The zero-order valence-electron chi connectivity index (χ0n) is 22.1. The molecule has 2 nitrogen and oxygen atoms in total. The second kappa shape index (κ2) is 6.87. The van der Waals surface area contributed by atoms with Gasteiger partial charge in [-0.2, -0.15) is 0 Å². The molecule has 32 heavy (non-hydrogen) atoms. The van der Waals surface area contributed by atoms with E-state index in [9.17, 15) is 10.2 Å². The fourth-order valence-electron chi connectivity index (χ4n) is 10.6. The minimum absolute atomic E-state index is 0.0191. The van der Waals surface area contributed by atoms with Crippen molar-refractivity contribution in [2.45, 2.75) is 119 Å². The largest absolute Gasteiger partial charge is 0.396 e. The molecule has 182 valence electrons. The summed E-state index contributed by atoms with van der Waals surface area (Å²) in [5.74, 6) is 1.87. The van der Waals surface area contributed by atoms with Crippen molar-refractivity contribution >= 4 is 0 Å². The lowest BCUT2D eigenvalue weighted by atomic mass is 9.33. The van der Waals surface area contributed by atoms with E-state index in [0.717, 1.165) is 6.42 Å². The molecule has 5 aliphatic carbocycles. The predicted molar refractivity (Wildman–Crippen MR) is 132 cm³/mol. The number of aliphatic hydroxyl groups excluding tert-OH is 2. The highest BCUT2D eigenvalue weighted by molar-refractivity contribution is 5.33. The van der Waals surface area contributed by atoms with Crippen LogP contribution in [0.5, 0.6) is 0 Å². The van der Waals surface area contributed by atoms with Crippen molar-refractivity contribution in [3.8, 4) is 0 Å². The van der Waals surface area contributed by atoms with Crippen molar-refractivity contribution in [2.75, 3.05) is 6.61 Å². The highest BCUT2D eigenvalue weighted by atomic mass is 16.3. The van der Waals surface area contributed by atoms with Crippen LogP contribution in [0.1, 0.15) is 113 Å². The summed E-state index contributed by atoms with van der Waals surface area (Å²) in [7, 11) is 0. The second-order valence-corrected chi connectivity index (χ2v) is 15.1. The van der Waals surface area contributed by atoms with Crippen LogP contribution in [0.4, 0.5) is 0 Å². The Balaban J connectivity index is 1.58. The quantitative estimate of drug-likeness (QED) is 0.424. The normalized spacial score (nSPS) is 53.8. The van der Waals surface area contributed by atoms with E-state index < -0.39 is 0 Å². The lowest BCUT2D eigenvalue weighted by Crippen LogP contribution is -2.64. The molecule has 4 saturated carbocycles. The van der Waals surface area contributed by atoms with Crippen LogP contribution in [-0.2, 0) is 0 Å². The van der Waals surface area contributed by atoms with Crippen LogP contribution in [0, 0.1) is 50.2 Å². The fourth-order valence-corrected chi connectivity index (χ4v) is 10.6. The van der Waals surface area contributed by atoms with Gasteiger partial charge < -0.3 is 10.2 Å². The Labute approximate surface area is 197 Å². The van der Waals surface area contributed by atoms with Gasteiger partial charge in [0.05, 0.1) is 6.10 Å². The number of aliphatic hydroxyl groups is 2. The van der Waals surface area contributed by atoms with Gasteiger partial charge in [0.2, 0.25) is 0 Å². The molecule has 0 saturated heterocycles. The van der Waals surface area contributed by atoms with Crippen molar-refractivity contribution < 1.29 is 10.2 Å². The predicted octanol–water partition coefficient (Wildman–Crippen LogP) is 7.14. The summed E-state index contributed by atoms with van der Waals surface area (Å²) in [4.78, 5) is 0. The molecule has 0 bridgehead atoms. The molecule has 8 atom stereocenters. The van der Waals surface area contributed by atoms with E-state index in [1.54, 1.807) is 5.57 Å². The number of rotatable bonds is 1. The van der Waals surface area contributed by atoms with Crippen LogP contribution in [0.3, 0.4) is 0 Å². The molecule has 0 heterocycles. The standard InChI is InChI=1S/C30H50O2/c1-25(2)14-16-30(19-31)17-15-28(6)20(21(30)18-25)8-9-23-27(5)12-11-24(32)26(3,4)22(27)10-13-29(23,28)7/h8,21-24,31-32H,9-19H2,1-7H3/t21-,22-,23-,24-,27-,28-,29-,30+/m1/s1. The first-order valence-electron chi connectivity index (χ1n) is 13.8. The molecule has 5 aliphatic rings. The summed E-state index contributed by atoms with van der Waals surface area (Å²) in [5, 5.41) is 21.5. The molecule has 4 fully saturated rings. The first-order chi connectivity index (χ1) is 14.8. The monoisotopic (exact) mass is 442 g/mol. The highest BCUT2D eigenvalue weighted by Crippen LogP contribution is 2.75. The Morgan fingerprint density at radius 3 is 2.22 bits per heavy atom. The molecule has 0 spiro atoms. The van der Waals surface area contributed by atoms with E-state index in [4.69, 9.17) is 0 Å². The van der Waals surface area contributed by atoms with Crippen molar-refractivity contribution in [1.82, 2.24) is 0 Å². The van der Waals surface area contributed by atoms with Gasteiger partial charge in [-0.05, 0) is 109 Å². The van der Waals surface area contributed by atoms with E-state index in [-0.39, 0.29) is 22.3 Å². The Morgan fingerprint density at radius 2 is 1.53 bits per heavy atom. The van der Waals surface area contributed by atoms with Crippen molar-refractivity contribution in [3.05, 3.63) is 11.6 Å². The van der Waals surface area contributed by atoms with Crippen LogP contribution < -0.4 is 0 Å². The van der Waals surface area contributed by atoms with Gasteiger partial charge >= 0.3 is 0 Å². The smallest absolute Gasteiger partial charge is 0.0594 e. The third kappa shape index (κ3) is 2.78. The van der Waals surface area contributed by atoms with Crippen LogP contribution >= 0.6 is 0 Å². The Bertz CT molecular complexity index is 810. The average Bonchev–Trinajstić information content (AvgIpc) is 2.71. The van der Waals surface area contributed by atoms with E-state index in [1.165, 1.54) is 57.8 Å². The Morgan fingerprint density at radius 1 is 0.844 bits per heavy atom. The van der Waals surface area contributed by atoms with Crippen LogP contribution in [0.25, 0.3) is 0 Å². The molecular weight excluding hydrogens is 392 g/mol. The second-order valence-electron chi connectivity index (χ2n) is 15.1. The van der Waals surface area contributed by atoms with E-state index in [0.29, 0.717) is 40.6 Å². The van der Waals surface area contributed by atoms with Gasteiger partial charge in [-0.25, -0.2) is 0 Å². The van der Waals surface area contributed by atoms with E-state index in [2.05, 4.69) is 54.5 Å². The molecule has 0 aromatic rings. The van der Waals surface area contributed by atoms with Crippen LogP contribution in [0.15, 0.2) is 11.6 Å². The lowest BCUT2D eigenvalue weighted by molar-refractivity contribution is -0.204. The van der Waals surface area contributed by atoms with Gasteiger partial charge in [-0.1, -0.05) is 60.1 Å². The third-order valence-corrected chi connectivity index (χ3v) is 13.1. The maximum atomic E-state index is 10.9. The van der Waals surface area contributed by atoms with E-state index in [1.807, 2.05) is 0 Å². The summed E-state index contributed by atoms with van der Waals surface area (Å²) in [6, 6.07) is 0. The van der Waals surface area contributed by atoms with Gasteiger partial charge in [0.15, 0.2) is 0 Å². The van der Waals surface area contributed by atoms with Crippen LogP contribution in [-0.4, -0.2) is 22.9 Å². The SMILES string of the molecule is CC1(C)CC[C@@]2(CO)CC[C@]3(C)C(=CC[C@@H]4[C@]5(C)CC[C@@H](O)C(C)(C)[C@H]5CC[C@]43C)[C@H]2C1. The molecule has 2 heteroatoms. The number of hydrogen-bond acceptors (Lipinski definition) is 2. The van der Waals surface area contributed by atoms with Crippen molar-refractivity contribution in [1.29, 1.82) is 0 Å². The summed E-state index contributed by atoms with van der Waals surface area (Å²) in [6.07, 6.45) is 14.6. The minimum Gasteiger partial charge on any atom is -0.396 e. The van der Waals surface area contributed by atoms with Gasteiger partial charge in [0.25, 0.3) is 0 Å². The molecule has 2 N–H and O–H groups in total. The average molecular weight is 443 g/mol. The maximum absolute atomic E-state index is 10.9. The maximum Gasteiger partial charge on any atom is 0.0594 e. The topological polar surface area (TPSA) is 40.5 Å². The lowest BCUT2D eigenvalue weighted by Gasteiger charge is -2.71. The third-order valence-electron chi connectivity index (χ3n) is 13.1. The summed E-state index contributed by atoms with van der Waals surface area (Å²) in [5.41, 5.74) is 3.16. The van der Waals surface area contributed by atoms with E-state index >= 15 is 0 Å².